The van der Waals surface area contributed by atoms with Gasteiger partial charge in [-0.1, -0.05) is 18.2 Å². The zero-order valence-corrected chi connectivity index (χ0v) is 15.1. The van der Waals surface area contributed by atoms with Gasteiger partial charge in [-0.3, -0.25) is 0 Å². The molecule has 25 heavy (non-hydrogen) atoms. The Labute approximate surface area is 148 Å². The van der Waals surface area contributed by atoms with Crippen molar-refractivity contribution in [3.8, 4) is 5.75 Å². The van der Waals surface area contributed by atoms with Crippen LogP contribution in [0.5, 0.6) is 5.75 Å². The van der Waals surface area contributed by atoms with Gasteiger partial charge in [0.25, 0.3) is 0 Å². The minimum absolute atomic E-state index is 0.185. The van der Waals surface area contributed by atoms with Gasteiger partial charge in [-0.05, 0) is 50.1 Å². The monoisotopic (exact) mass is 361 g/mol. The molecule has 2 heterocycles. The van der Waals surface area contributed by atoms with E-state index in [0.29, 0.717) is 5.92 Å². The highest BCUT2D eigenvalue weighted by atomic mass is 32.2. The Morgan fingerprint density at radius 1 is 1.16 bits per heavy atom. The Bertz CT molecular complexity index is 771. The summed E-state index contributed by atoms with van der Waals surface area (Å²) in [7, 11) is -2.04. The van der Waals surface area contributed by atoms with Gasteiger partial charge in [0, 0.05) is 19.3 Å². The number of hydrogen-bond donors (Lipinski definition) is 1. The SMILES string of the molecule is CNS(=O)(=O)c1ccc(N2CCC(COc3ccccc3)CC2)nc1. The van der Waals surface area contributed by atoms with E-state index < -0.39 is 10.0 Å². The average Bonchev–Trinajstić information content (AvgIpc) is 2.68. The maximum absolute atomic E-state index is 11.7. The second-order valence-corrected chi connectivity index (χ2v) is 8.00. The van der Waals surface area contributed by atoms with E-state index in [2.05, 4.69) is 14.6 Å². The first kappa shape index (κ1) is 17.7. The number of nitrogens with one attached hydrogen (secondary N) is 1. The highest BCUT2D eigenvalue weighted by molar-refractivity contribution is 7.89. The van der Waals surface area contributed by atoms with Crippen LogP contribution in [-0.2, 0) is 10.0 Å². The van der Waals surface area contributed by atoms with Crippen LogP contribution in [0.1, 0.15) is 12.8 Å². The van der Waals surface area contributed by atoms with Gasteiger partial charge in [-0.15, -0.1) is 0 Å². The molecule has 3 rings (SSSR count). The highest BCUT2D eigenvalue weighted by Crippen LogP contribution is 2.23. The number of ether oxygens (including phenoxy) is 1. The van der Waals surface area contributed by atoms with Gasteiger partial charge in [-0.25, -0.2) is 18.1 Å². The molecule has 1 aromatic heterocycles. The molecule has 6 nitrogen and oxygen atoms in total. The zero-order chi connectivity index (χ0) is 17.7. The predicted molar refractivity (Wildman–Crippen MR) is 97.4 cm³/mol. The summed E-state index contributed by atoms with van der Waals surface area (Å²) in [6, 6.07) is 13.2. The minimum Gasteiger partial charge on any atom is -0.493 e. The van der Waals surface area contributed by atoms with E-state index in [9.17, 15) is 8.42 Å². The highest BCUT2D eigenvalue weighted by Gasteiger charge is 2.21. The first-order valence-corrected chi connectivity index (χ1v) is 9.89. The number of sulfonamides is 1. The summed E-state index contributed by atoms with van der Waals surface area (Å²) >= 11 is 0. The third-order valence-electron chi connectivity index (χ3n) is 4.47. The Morgan fingerprint density at radius 2 is 1.88 bits per heavy atom. The van der Waals surface area contributed by atoms with Crippen molar-refractivity contribution in [3.05, 3.63) is 48.7 Å². The molecule has 1 aliphatic heterocycles. The van der Waals surface area contributed by atoms with E-state index in [-0.39, 0.29) is 4.90 Å². The summed E-state index contributed by atoms with van der Waals surface area (Å²) in [5, 5.41) is 0. The lowest BCUT2D eigenvalue weighted by Gasteiger charge is -2.32. The Balaban J connectivity index is 1.52. The van der Waals surface area contributed by atoms with Gasteiger partial charge in [0.05, 0.1) is 6.61 Å². The Hall–Kier alpha value is -2.12. The molecule has 0 amide bonds. The van der Waals surface area contributed by atoms with Crippen LogP contribution >= 0.6 is 0 Å². The smallest absolute Gasteiger partial charge is 0.241 e. The normalized spacial score (nSPS) is 16.0. The molecule has 1 N–H and O–H groups in total. The topological polar surface area (TPSA) is 71.5 Å². The molecular weight excluding hydrogens is 338 g/mol. The summed E-state index contributed by atoms with van der Waals surface area (Å²) in [6.07, 6.45) is 3.47. The minimum atomic E-state index is -3.44. The molecule has 1 saturated heterocycles. The van der Waals surface area contributed by atoms with Crippen LogP contribution in [0.25, 0.3) is 0 Å². The second kappa shape index (κ2) is 7.84. The molecule has 0 spiro atoms. The van der Waals surface area contributed by atoms with E-state index in [1.165, 1.54) is 13.2 Å². The number of rotatable bonds is 6. The van der Waals surface area contributed by atoms with Crippen LogP contribution in [0.2, 0.25) is 0 Å². The average molecular weight is 361 g/mol. The molecule has 0 aliphatic carbocycles. The summed E-state index contributed by atoms with van der Waals surface area (Å²) in [5.74, 6) is 2.26. The largest absolute Gasteiger partial charge is 0.493 e. The molecule has 134 valence electrons. The lowest BCUT2D eigenvalue weighted by Crippen LogP contribution is -2.36. The number of anilines is 1. The van der Waals surface area contributed by atoms with Gasteiger partial charge in [0.2, 0.25) is 10.0 Å². The fourth-order valence-electron chi connectivity index (χ4n) is 2.90. The van der Waals surface area contributed by atoms with Crippen molar-refractivity contribution >= 4 is 15.8 Å². The number of pyridine rings is 1. The third kappa shape index (κ3) is 4.49. The van der Waals surface area contributed by atoms with Gasteiger partial charge in [-0.2, -0.15) is 0 Å². The summed E-state index contributed by atoms with van der Waals surface area (Å²) < 4.78 is 31.6. The molecule has 0 bridgehead atoms. The van der Waals surface area contributed by atoms with Crippen LogP contribution in [0, 0.1) is 5.92 Å². The molecule has 1 fully saturated rings. The standard InChI is InChI=1S/C18H23N3O3S/c1-19-25(22,23)17-7-8-18(20-13-17)21-11-9-15(10-12-21)14-24-16-5-3-2-4-6-16/h2-8,13,15,19H,9-12,14H2,1H3. The lowest BCUT2D eigenvalue weighted by atomic mass is 9.98. The molecule has 1 aliphatic rings. The zero-order valence-electron chi connectivity index (χ0n) is 14.3. The quantitative estimate of drug-likeness (QED) is 0.855. The number of para-hydroxylation sites is 1. The predicted octanol–water partition coefficient (Wildman–Crippen LogP) is 2.29. The Kier molecular flexibility index (Phi) is 5.55. The first-order valence-electron chi connectivity index (χ1n) is 8.41. The molecule has 1 aromatic carbocycles. The summed E-state index contributed by atoms with van der Waals surface area (Å²) in [6.45, 7) is 2.52. The van der Waals surface area contributed by atoms with E-state index >= 15 is 0 Å². The van der Waals surface area contributed by atoms with E-state index in [1.807, 2.05) is 30.3 Å². The summed E-state index contributed by atoms with van der Waals surface area (Å²) in [4.78, 5) is 6.69. The van der Waals surface area contributed by atoms with Gasteiger partial charge in [0.15, 0.2) is 0 Å². The molecule has 7 heteroatoms. The molecule has 0 atom stereocenters. The van der Waals surface area contributed by atoms with Crippen molar-refractivity contribution < 1.29 is 13.2 Å². The van der Waals surface area contributed by atoms with Gasteiger partial charge in [0.1, 0.15) is 16.5 Å². The molecule has 2 aromatic rings. The first-order chi connectivity index (χ1) is 12.1. The molecule has 0 unspecified atom stereocenters. The molecular formula is C18H23N3O3S. The number of nitrogens with zero attached hydrogens (tertiary/aromatic N) is 2. The summed E-state index contributed by atoms with van der Waals surface area (Å²) in [5.41, 5.74) is 0. The van der Waals surface area contributed by atoms with Crippen molar-refractivity contribution in [1.29, 1.82) is 0 Å². The Morgan fingerprint density at radius 3 is 2.48 bits per heavy atom. The number of aromatic nitrogens is 1. The lowest BCUT2D eigenvalue weighted by molar-refractivity contribution is 0.222. The fraction of sp³-hybridized carbons (Fsp3) is 0.389. The van der Waals surface area contributed by atoms with Gasteiger partial charge >= 0.3 is 0 Å². The third-order valence-corrected chi connectivity index (χ3v) is 5.87. The van der Waals surface area contributed by atoms with Crippen molar-refractivity contribution in [2.75, 3.05) is 31.6 Å². The maximum Gasteiger partial charge on any atom is 0.241 e. The van der Waals surface area contributed by atoms with Crippen LogP contribution in [0.4, 0.5) is 5.82 Å². The maximum atomic E-state index is 11.7. The van der Waals surface area contributed by atoms with E-state index in [4.69, 9.17) is 4.74 Å². The number of hydrogen-bond acceptors (Lipinski definition) is 5. The number of piperidine rings is 1. The van der Waals surface area contributed by atoms with Crippen LogP contribution in [0.3, 0.4) is 0 Å². The van der Waals surface area contributed by atoms with Crippen LogP contribution < -0.4 is 14.4 Å². The van der Waals surface area contributed by atoms with E-state index in [0.717, 1.165) is 44.1 Å². The van der Waals surface area contributed by atoms with Crippen molar-refractivity contribution in [3.63, 3.8) is 0 Å². The van der Waals surface area contributed by atoms with Crippen molar-refractivity contribution in [2.24, 2.45) is 5.92 Å². The van der Waals surface area contributed by atoms with Gasteiger partial charge < -0.3 is 9.64 Å². The fourth-order valence-corrected chi connectivity index (χ4v) is 3.57. The molecule has 0 saturated carbocycles. The number of benzene rings is 1. The van der Waals surface area contributed by atoms with E-state index in [1.54, 1.807) is 12.1 Å². The second-order valence-electron chi connectivity index (χ2n) is 6.11. The van der Waals surface area contributed by atoms with Crippen LogP contribution in [0.15, 0.2) is 53.6 Å². The molecule has 0 radical (unpaired) electrons. The van der Waals surface area contributed by atoms with Crippen molar-refractivity contribution in [1.82, 2.24) is 9.71 Å². The van der Waals surface area contributed by atoms with Crippen LogP contribution in [-0.4, -0.2) is 40.1 Å². The van der Waals surface area contributed by atoms with Crippen molar-refractivity contribution in [2.45, 2.75) is 17.7 Å².